The highest BCUT2D eigenvalue weighted by molar-refractivity contribution is 7.47. The number of phosphoric ester groups is 2. The van der Waals surface area contributed by atoms with Gasteiger partial charge in [-0.2, -0.15) is 0 Å². The van der Waals surface area contributed by atoms with Crippen LogP contribution in [0, 0.1) is 23.7 Å². The molecule has 0 radical (unpaired) electrons. The average Bonchev–Trinajstić information content (AvgIpc) is 0.900. The molecule has 0 spiro atoms. The Hall–Kier alpha value is -1.94. The maximum atomic E-state index is 13.2. The summed E-state index contributed by atoms with van der Waals surface area (Å²) in [6.07, 6.45) is 66.8. The van der Waals surface area contributed by atoms with Crippen LogP contribution in [0.15, 0.2) is 0 Å². The second kappa shape index (κ2) is 76.7. The van der Waals surface area contributed by atoms with E-state index in [1.54, 1.807) is 0 Å². The Bertz CT molecular complexity index is 2080. The summed E-state index contributed by atoms with van der Waals surface area (Å²) in [6, 6.07) is 0. The second-order valence-electron chi connectivity index (χ2n) is 33.3. The molecule has 0 rings (SSSR count). The molecule has 4 unspecified atom stereocenters. The van der Waals surface area contributed by atoms with Crippen LogP contribution >= 0.6 is 15.6 Å². The maximum absolute atomic E-state index is 13.2. The van der Waals surface area contributed by atoms with E-state index in [0.29, 0.717) is 31.6 Å². The van der Waals surface area contributed by atoms with Crippen LogP contribution in [0.4, 0.5) is 0 Å². The molecule has 17 nitrogen and oxygen atoms in total. The lowest BCUT2D eigenvalue weighted by molar-refractivity contribution is -0.161. The highest BCUT2D eigenvalue weighted by atomic mass is 31.2. The molecule has 0 aliphatic heterocycles. The largest absolute Gasteiger partial charge is 0.472 e. The molecule has 3 N–H and O–H groups in total. The van der Waals surface area contributed by atoms with Crippen LogP contribution in [-0.4, -0.2) is 96.7 Å². The Morgan fingerprint density at radius 1 is 0.262 bits per heavy atom. The molecule has 6 atom stereocenters. The molecule has 0 heterocycles. The first kappa shape index (κ1) is 105. The van der Waals surface area contributed by atoms with Crippen molar-refractivity contribution in [2.75, 3.05) is 39.6 Å². The number of ether oxygens (including phenoxy) is 4. The van der Waals surface area contributed by atoms with Gasteiger partial charge in [-0.1, -0.05) is 409 Å². The minimum absolute atomic E-state index is 0.107. The van der Waals surface area contributed by atoms with Gasteiger partial charge in [-0.15, -0.1) is 0 Å². The topological polar surface area (TPSA) is 237 Å². The van der Waals surface area contributed by atoms with Crippen molar-refractivity contribution in [2.45, 2.75) is 478 Å². The zero-order valence-corrected chi connectivity index (χ0v) is 72.6. The number of hydrogen-bond acceptors (Lipinski definition) is 15. The van der Waals surface area contributed by atoms with E-state index in [2.05, 4.69) is 55.4 Å². The number of aliphatic hydroxyl groups is 1. The third-order valence-electron chi connectivity index (χ3n) is 20.9. The van der Waals surface area contributed by atoms with E-state index in [-0.39, 0.29) is 25.7 Å². The molecule has 0 aromatic carbocycles. The molecule has 0 aliphatic carbocycles. The summed E-state index contributed by atoms with van der Waals surface area (Å²) < 4.78 is 68.9. The van der Waals surface area contributed by atoms with Crippen LogP contribution in [0.25, 0.3) is 0 Å². The molecule has 0 saturated carbocycles. The maximum Gasteiger partial charge on any atom is 0.472 e. The first-order valence-corrected chi connectivity index (χ1v) is 48.2. The lowest BCUT2D eigenvalue weighted by Gasteiger charge is -2.21. The summed E-state index contributed by atoms with van der Waals surface area (Å²) in [7, 11) is -9.93. The van der Waals surface area contributed by atoms with E-state index in [1.165, 1.54) is 257 Å². The summed E-state index contributed by atoms with van der Waals surface area (Å²) >= 11 is 0. The molecular formula is C88H172O17P2. The van der Waals surface area contributed by atoms with Gasteiger partial charge in [-0.05, 0) is 49.4 Å². The van der Waals surface area contributed by atoms with Crippen molar-refractivity contribution < 1.29 is 80.2 Å². The van der Waals surface area contributed by atoms with Crippen LogP contribution in [0.5, 0.6) is 0 Å². The minimum atomic E-state index is -4.97. The summed E-state index contributed by atoms with van der Waals surface area (Å²) in [5.41, 5.74) is 0. The van der Waals surface area contributed by atoms with Gasteiger partial charge in [0, 0.05) is 25.7 Å². The van der Waals surface area contributed by atoms with Crippen LogP contribution in [-0.2, 0) is 65.4 Å². The van der Waals surface area contributed by atoms with Gasteiger partial charge >= 0.3 is 39.5 Å². The van der Waals surface area contributed by atoms with Crippen molar-refractivity contribution in [2.24, 2.45) is 23.7 Å². The molecule has 0 amide bonds. The Morgan fingerprint density at radius 3 is 0.664 bits per heavy atom. The first-order valence-electron chi connectivity index (χ1n) is 45.2. The number of rotatable bonds is 85. The number of aliphatic hydroxyl groups excluding tert-OH is 1. The summed E-state index contributed by atoms with van der Waals surface area (Å²) in [6.45, 7) is 14.3. The molecular weight excluding hydrogens is 1390 g/mol. The zero-order valence-electron chi connectivity index (χ0n) is 70.8. The number of carbonyl (C=O) groups is 4. The molecule has 107 heavy (non-hydrogen) atoms. The van der Waals surface area contributed by atoms with Crippen LogP contribution in [0.1, 0.15) is 460 Å². The van der Waals surface area contributed by atoms with Gasteiger partial charge in [0.25, 0.3) is 0 Å². The van der Waals surface area contributed by atoms with Gasteiger partial charge in [0.15, 0.2) is 12.2 Å². The quantitative estimate of drug-likeness (QED) is 0.0222. The van der Waals surface area contributed by atoms with Gasteiger partial charge in [0.1, 0.15) is 19.3 Å². The Labute approximate surface area is 658 Å². The summed E-state index contributed by atoms with van der Waals surface area (Å²) in [4.78, 5) is 73.2. The zero-order chi connectivity index (χ0) is 78.8. The number of hydrogen-bond donors (Lipinski definition) is 3. The van der Waals surface area contributed by atoms with Crippen molar-refractivity contribution in [1.82, 2.24) is 0 Å². The Kier molecular flexibility index (Phi) is 75.3. The fourth-order valence-corrected chi connectivity index (χ4v) is 15.2. The standard InChI is InChI=1S/C88H172O17P2/c1-9-81(8)67-59-51-42-36-30-24-20-21-27-33-39-45-55-63-70-87(92)104-83(74-98-85(90)68-60-52-43-37-31-25-18-13-11-10-12-16-22-28-34-40-48-56-64-78(2)3)76-102-106(94,95)100-72-82(89)73-101-107(96,97)103-77-84(75-99-86(91)69-61-53-47-46-50-58-66-80(6)7)105-88(93)71-62-54-44-38-32-26-19-15-14-17-23-29-35-41-49-57-65-79(4)5/h78-84,89H,9-77H2,1-8H3,(H,94,95)(H,96,97)/t81?,82?,83-,84-/m1/s1. The number of carbonyl (C=O) groups excluding carboxylic acids is 4. The predicted octanol–water partition coefficient (Wildman–Crippen LogP) is 26.7. The Morgan fingerprint density at radius 2 is 0.449 bits per heavy atom. The van der Waals surface area contributed by atoms with Crippen LogP contribution in [0.3, 0.4) is 0 Å². The number of unbranched alkanes of at least 4 members (excludes halogenated alkanes) is 50. The Balaban J connectivity index is 5.20. The van der Waals surface area contributed by atoms with Crippen LogP contribution < -0.4 is 0 Å². The van der Waals surface area contributed by atoms with Gasteiger partial charge in [-0.25, -0.2) is 9.13 Å². The molecule has 0 aromatic rings. The average molecular weight is 1560 g/mol. The third-order valence-corrected chi connectivity index (χ3v) is 22.8. The molecule has 0 fully saturated rings. The molecule has 0 aliphatic rings. The van der Waals surface area contributed by atoms with E-state index in [0.717, 1.165) is 114 Å². The summed E-state index contributed by atoms with van der Waals surface area (Å²) in [5, 5.41) is 10.7. The molecule has 0 aromatic heterocycles. The van der Waals surface area contributed by atoms with E-state index < -0.39 is 97.5 Å². The summed E-state index contributed by atoms with van der Waals surface area (Å²) in [5.74, 6) is 1.05. The molecule has 636 valence electrons. The lowest BCUT2D eigenvalue weighted by Crippen LogP contribution is -2.30. The number of phosphoric acid groups is 2. The monoisotopic (exact) mass is 1560 g/mol. The van der Waals surface area contributed by atoms with Gasteiger partial charge in [0.05, 0.1) is 26.4 Å². The highest BCUT2D eigenvalue weighted by Crippen LogP contribution is 2.45. The highest BCUT2D eigenvalue weighted by Gasteiger charge is 2.31. The fourth-order valence-electron chi connectivity index (χ4n) is 13.6. The van der Waals surface area contributed by atoms with Crippen molar-refractivity contribution in [1.29, 1.82) is 0 Å². The first-order chi connectivity index (χ1) is 51.6. The molecule has 19 heteroatoms. The predicted molar refractivity (Wildman–Crippen MR) is 441 cm³/mol. The van der Waals surface area contributed by atoms with Gasteiger partial charge < -0.3 is 33.8 Å². The SMILES string of the molecule is CCC(C)CCCCCCCCCCCCCCCCC(=O)O[C@H](COC(=O)CCCCCCCCCCCCCCCCCCCCC(C)C)COP(=O)(O)OCC(O)COP(=O)(O)OC[C@@H](COC(=O)CCCCCCCCC(C)C)OC(=O)CCCCCCCCCCCCCCCCCCC(C)C. The van der Waals surface area contributed by atoms with E-state index in [9.17, 15) is 43.2 Å². The van der Waals surface area contributed by atoms with E-state index >= 15 is 0 Å². The number of esters is 4. The lowest BCUT2D eigenvalue weighted by atomic mass is 9.99. The fraction of sp³-hybridized carbons (Fsp3) is 0.955. The third kappa shape index (κ3) is 80.5. The molecule has 0 bridgehead atoms. The normalized spacial score (nSPS) is 14.1. The van der Waals surface area contributed by atoms with Crippen molar-refractivity contribution >= 4 is 39.5 Å². The van der Waals surface area contributed by atoms with Gasteiger partial charge in [-0.3, -0.25) is 37.3 Å². The minimum Gasteiger partial charge on any atom is -0.462 e. The molecule has 0 saturated heterocycles. The van der Waals surface area contributed by atoms with E-state index in [1.807, 2.05) is 0 Å². The van der Waals surface area contributed by atoms with Crippen molar-refractivity contribution in [3.8, 4) is 0 Å². The van der Waals surface area contributed by atoms with E-state index in [4.69, 9.17) is 37.0 Å². The van der Waals surface area contributed by atoms with Crippen molar-refractivity contribution in [3.63, 3.8) is 0 Å². The second-order valence-corrected chi connectivity index (χ2v) is 36.2. The van der Waals surface area contributed by atoms with Crippen molar-refractivity contribution in [3.05, 3.63) is 0 Å². The smallest absolute Gasteiger partial charge is 0.462 e. The van der Waals surface area contributed by atoms with Gasteiger partial charge in [0.2, 0.25) is 0 Å². The van der Waals surface area contributed by atoms with Crippen LogP contribution in [0.2, 0.25) is 0 Å².